The van der Waals surface area contributed by atoms with Crippen LogP contribution in [0, 0.1) is 13.8 Å². The van der Waals surface area contributed by atoms with Crippen LogP contribution in [0.4, 0.5) is 5.69 Å². The molecule has 0 radical (unpaired) electrons. The van der Waals surface area contributed by atoms with E-state index in [0.29, 0.717) is 29.7 Å². The minimum atomic E-state index is -0.292. The lowest BCUT2D eigenvalue weighted by atomic mass is 10.1. The Hall–Kier alpha value is -2.90. The second-order valence-electron chi connectivity index (χ2n) is 5.19. The Balaban J connectivity index is 1.84. The van der Waals surface area contributed by atoms with E-state index in [-0.39, 0.29) is 11.6 Å². The van der Waals surface area contributed by atoms with Crippen molar-refractivity contribution in [3.63, 3.8) is 0 Å². The third-order valence-corrected chi connectivity index (χ3v) is 3.66. The van der Waals surface area contributed by atoms with Gasteiger partial charge >= 0.3 is 5.69 Å². The summed E-state index contributed by atoms with van der Waals surface area (Å²) in [5.74, 6) is -0.134. The lowest BCUT2D eigenvalue weighted by molar-refractivity contribution is -0.116. The topological polar surface area (TPSA) is 108 Å². The lowest BCUT2D eigenvalue weighted by Gasteiger charge is -2.12. The van der Waals surface area contributed by atoms with Crippen molar-refractivity contribution >= 4 is 22.6 Å². The molecule has 1 aromatic carbocycles. The molecule has 114 valence electrons. The van der Waals surface area contributed by atoms with E-state index in [2.05, 4.69) is 25.5 Å². The van der Waals surface area contributed by atoms with E-state index in [1.165, 1.54) is 0 Å². The summed E-state index contributed by atoms with van der Waals surface area (Å²) in [6.45, 7) is 4.35. The Morgan fingerprint density at radius 2 is 2.00 bits per heavy atom. The van der Waals surface area contributed by atoms with Gasteiger partial charge in [-0.1, -0.05) is 0 Å². The highest BCUT2D eigenvalue weighted by atomic mass is 16.2. The number of aromatic amines is 2. The van der Waals surface area contributed by atoms with Gasteiger partial charge in [0, 0.05) is 13.0 Å². The van der Waals surface area contributed by atoms with Crippen LogP contribution in [0.5, 0.6) is 0 Å². The number of hydrogen-bond acceptors (Lipinski definition) is 4. The minimum absolute atomic E-state index is 0.134. The molecule has 0 aliphatic heterocycles. The van der Waals surface area contributed by atoms with Gasteiger partial charge in [0.1, 0.15) is 12.7 Å². The van der Waals surface area contributed by atoms with Crippen molar-refractivity contribution in [2.45, 2.75) is 26.8 Å². The molecule has 0 saturated heterocycles. The SMILES string of the molecule is Cc1cc2[nH]c(=O)[nH]c2c(NC(=O)CCn2cnnc2)c1C. The Labute approximate surface area is 125 Å². The fourth-order valence-corrected chi connectivity index (χ4v) is 2.34. The fraction of sp³-hybridized carbons (Fsp3) is 0.286. The molecule has 3 aromatic rings. The van der Waals surface area contributed by atoms with Crippen LogP contribution in [0.25, 0.3) is 11.0 Å². The second-order valence-corrected chi connectivity index (χ2v) is 5.19. The van der Waals surface area contributed by atoms with Crippen LogP contribution in [-0.2, 0) is 11.3 Å². The molecule has 0 fully saturated rings. The van der Waals surface area contributed by atoms with Gasteiger partial charge in [0.05, 0.1) is 16.7 Å². The van der Waals surface area contributed by atoms with E-state index >= 15 is 0 Å². The van der Waals surface area contributed by atoms with Crippen LogP contribution in [0.3, 0.4) is 0 Å². The van der Waals surface area contributed by atoms with E-state index in [9.17, 15) is 9.59 Å². The van der Waals surface area contributed by atoms with Crippen molar-refractivity contribution in [1.82, 2.24) is 24.7 Å². The molecule has 3 rings (SSSR count). The van der Waals surface area contributed by atoms with Gasteiger partial charge in [-0.15, -0.1) is 10.2 Å². The Bertz CT molecular complexity index is 875. The van der Waals surface area contributed by atoms with Crippen molar-refractivity contribution in [3.05, 3.63) is 40.3 Å². The summed E-state index contributed by atoms with van der Waals surface area (Å²) in [6.07, 6.45) is 3.42. The molecule has 2 aromatic heterocycles. The van der Waals surface area contributed by atoms with Crippen LogP contribution in [0.1, 0.15) is 17.5 Å². The number of H-pyrrole nitrogens is 2. The van der Waals surface area contributed by atoms with Crippen LogP contribution < -0.4 is 11.0 Å². The first kappa shape index (κ1) is 14.1. The van der Waals surface area contributed by atoms with E-state index in [0.717, 1.165) is 11.1 Å². The Kier molecular flexibility index (Phi) is 3.50. The largest absolute Gasteiger partial charge is 0.324 e. The average Bonchev–Trinajstić information content (AvgIpc) is 3.10. The number of nitrogens with zero attached hydrogens (tertiary/aromatic N) is 3. The number of aryl methyl sites for hydroxylation is 2. The summed E-state index contributed by atoms with van der Waals surface area (Å²) in [7, 11) is 0. The third-order valence-electron chi connectivity index (χ3n) is 3.66. The first-order valence-corrected chi connectivity index (χ1v) is 6.89. The van der Waals surface area contributed by atoms with Crippen LogP contribution in [-0.4, -0.2) is 30.6 Å². The van der Waals surface area contributed by atoms with Crippen molar-refractivity contribution in [3.8, 4) is 0 Å². The van der Waals surface area contributed by atoms with Crippen molar-refractivity contribution in [2.24, 2.45) is 0 Å². The summed E-state index contributed by atoms with van der Waals surface area (Å²) in [6, 6.07) is 1.88. The molecule has 0 unspecified atom stereocenters. The first-order valence-electron chi connectivity index (χ1n) is 6.89. The first-order chi connectivity index (χ1) is 10.5. The summed E-state index contributed by atoms with van der Waals surface area (Å²) in [5, 5.41) is 10.3. The van der Waals surface area contributed by atoms with Crippen molar-refractivity contribution < 1.29 is 4.79 Å². The standard InChI is InChI=1S/C14H16N6O2/c1-8-5-10-13(19-14(22)17-10)12(9(8)2)18-11(21)3-4-20-6-15-16-7-20/h5-7H,3-4H2,1-2H3,(H,18,21)(H2,17,19,22). The molecule has 0 atom stereocenters. The van der Waals surface area contributed by atoms with Crippen LogP contribution >= 0.6 is 0 Å². The second kappa shape index (κ2) is 5.47. The summed E-state index contributed by atoms with van der Waals surface area (Å²) >= 11 is 0. The number of fused-ring (bicyclic) bond motifs is 1. The average molecular weight is 300 g/mol. The van der Waals surface area contributed by atoms with Crippen LogP contribution in [0.2, 0.25) is 0 Å². The van der Waals surface area contributed by atoms with E-state index in [4.69, 9.17) is 0 Å². The number of hydrogen-bond donors (Lipinski definition) is 3. The molecular weight excluding hydrogens is 284 g/mol. The third kappa shape index (κ3) is 2.62. The predicted octanol–water partition coefficient (Wildman–Crippen LogP) is 1.09. The number of carbonyl (C=O) groups is 1. The fourth-order valence-electron chi connectivity index (χ4n) is 2.34. The molecule has 22 heavy (non-hydrogen) atoms. The lowest BCUT2D eigenvalue weighted by Crippen LogP contribution is -2.15. The van der Waals surface area contributed by atoms with E-state index in [1.807, 2.05) is 19.9 Å². The molecule has 8 nitrogen and oxygen atoms in total. The number of imidazole rings is 1. The number of benzene rings is 1. The maximum Gasteiger partial charge on any atom is 0.323 e. The maximum atomic E-state index is 12.2. The highest BCUT2D eigenvalue weighted by Gasteiger charge is 2.13. The number of rotatable bonds is 4. The number of amides is 1. The highest BCUT2D eigenvalue weighted by molar-refractivity contribution is 6.01. The monoisotopic (exact) mass is 300 g/mol. The van der Waals surface area contributed by atoms with Crippen LogP contribution in [0.15, 0.2) is 23.5 Å². The normalized spacial score (nSPS) is 11.0. The molecular formula is C14H16N6O2. The number of carbonyl (C=O) groups excluding carboxylic acids is 1. The molecule has 8 heteroatoms. The minimum Gasteiger partial charge on any atom is -0.324 e. The van der Waals surface area contributed by atoms with Gasteiger partial charge in [-0.3, -0.25) is 4.79 Å². The van der Waals surface area contributed by atoms with Crippen molar-refractivity contribution in [2.75, 3.05) is 5.32 Å². The number of nitrogens with one attached hydrogen (secondary N) is 3. The van der Waals surface area contributed by atoms with E-state index < -0.39 is 0 Å². The molecule has 0 spiro atoms. The zero-order chi connectivity index (χ0) is 15.7. The maximum absolute atomic E-state index is 12.2. The summed E-state index contributed by atoms with van der Waals surface area (Å²) in [5.41, 5.74) is 3.58. The number of anilines is 1. The van der Waals surface area contributed by atoms with Gasteiger partial charge in [-0.2, -0.15) is 0 Å². The van der Waals surface area contributed by atoms with Crippen molar-refractivity contribution in [1.29, 1.82) is 0 Å². The summed E-state index contributed by atoms with van der Waals surface area (Å²) < 4.78 is 1.73. The molecule has 0 aliphatic rings. The summed E-state index contributed by atoms with van der Waals surface area (Å²) in [4.78, 5) is 29.1. The van der Waals surface area contributed by atoms with Gasteiger partial charge < -0.3 is 19.9 Å². The molecule has 3 N–H and O–H groups in total. The van der Waals surface area contributed by atoms with Gasteiger partial charge in [0.2, 0.25) is 5.91 Å². The zero-order valence-corrected chi connectivity index (χ0v) is 12.3. The molecule has 0 aliphatic carbocycles. The van der Waals surface area contributed by atoms with Gasteiger partial charge in [0.15, 0.2) is 0 Å². The molecule has 2 heterocycles. The van der Waals surface area contributed by atoms with E-state index in [1.54, 1.807) is 17.2 Å². The Morgan fingerprint density at radius 1 is 1.27 bits per heavy atom. The molecule has 1 amide bonds. The van der Waals surface area contributed by atoms with Gasteiger partial charge in [-0.25, -0.2) is 4.79 Å². The highest BCUT2D eigenvalue weighted by Crippen LogP contribution is 2.27. The molecule has 0 saturated carbocycles. The predicted molar refractivity (Wildman–Crippen MR) is 81.7 cm³/mol. The smallest absolute Gasteiger partial charge is 0.323 e. The zero-order valence-electron chi connectivity index (χ0n) is 12.3. The Morgan fingerprint density at radius 3 is 2.73 bits per heavy atom. The quantitative estimate of drug-likeness (QED) is 0.670. The molecule has 0 bridgehead atoms. The number of aromatic nitrogens is 5. The van der Waals surface area contributed by atoms with Gasteiger partial charge in [0.25, 0.3) is 0 Å². The van der Waals surface area contributed by atoms with Gasteiger partial charge in [-0.05, 0) is 31.0 Å².